The molecule has 1 aromatic rings. The molecule has 1 aromatic carbocycles. The molecule has 0 radical (unpaired) electrons. The van der Waals surface area contributed by atoms with Crippen LogP contribution in [0.5, 0.6) is 5.75 Å². The van der Waals surface area contributed by atoms with Crippen LogP contribution in [-0.4, -0.2) is 63.1 Å². The molecular weight excluding hydrogens is 356 g/mol. The molecule has 0 N–H and O–H groups in total. The number of para-hydroxylation sites is 1. The summed E-state index contributed by atoms with van der Waals surface area (Å²) in [6.45, 7) is 5.94. The highest BCUT2D eigenvalue weighted by atomic mass is 32.2. The monoisotopic (exact) mass is 384 g/mol. The van der Waals surface area contributed by atoms with Gasteiger partial charge >= 0.3 is 6.09 Å². The van der Waals surface area contributed by atoms with Gasteiger partial charge in [-0.15, -0.1) is 0 Å². The number of rotatable bonds is 8. The SMILES string of the molecule is CN(C)S(=O)(=O)/C=C/CN(CCOc1ccccc1)C(=O)OC(C)(C)C. The molecule has 0 saturated heterocycles. The van der Waals surface area contributed by atoms with E-state index < -0.39 is 21.7 Å². The molecule has 0 heterocycles. The van der Waals surface area contributed by atoms with Gasteiger partial charge in [0.2, 0.25) is 10.0 Å². The molecule has 0 fully saturated rings. The summed E-state index contributed by atoms with van der Waals surface area (Å²) in [5.74, 6) is 0.697. The lowest BCUT2D eigenvalue weighted by atomic mass is 10.2. The maximum absolute atomic E-state index is 12.3. The van der Waals surface area contributed by atoms with Gasteiger partial charge in [-0.05, 0) is 32.9 Å². The predicted molar refractivity (Wildman–Crippen MR) is 101 cm³/mol. The summed E-state index contributed by atoms with van der Waals surface area (Å²) in [6, 6.07) is 9.24. The Balaban J connectivity index is 2.72. The highest BCUT2D eigenvalue weighted by Crippen LogP contribution is 2.11. The van der Waals surface area contributed by atoms with Crippen molar-refractivity contribution in [1.29, 1.82) is 0 Å². The molecule has 1 amide bonds. The summed E-state index contributed by atoms with van der Waals surface area (Å²) < 4.78 is 35.6. The number of benzene rings is 1. The molecule has 0 unspecified atom stereocenters. The molecule has 0 aliphatic heterocycles. The second kappa shape index (κ2) is 9.59. The first-order valence-electron chi connectivity index (χ1n) is 8.26. The molecular formula is C18H28N2O5S. The van der Waals surface area contributed by atoms with Gasteiger partial charge in [0.25, 0.3) is 0 Å². The predicted octanol–water partition coefficient (Wildman–Crippen LogP) is 2.71. The van der Waals surface area contributed by atoms with Crippen LogP contribution >= 0.6 is 0 Å². The van der Waals surface area contributed by atoms with Crippen LogP contribution in [0.1, 0.15) is 20.8 Å². The number of hydrogen-bond acceptors (Lipinski definition) is 5. The van der Waals surface area contributed by atoms with Gasteiger partial charge in [0, 0.05) is 26.0 Å². The topological polar surface area (TPSA) is 76.2 Å². The Morgan fingerprint density at radius 1 is 1.15 bits per heavy atom. The number of sulfonamides is 1. The van der Waals surface area contributed by atoms with E-state index in [1.54, 1.807) is 20.8 Å². The molecule has 0 spiro atoms. The maximum atomic E-state index is 12.3. The summed E-state index contributed by atoms with van der Waals surface area (Å²) in [5.41, 5.74) is -0.644. The molecule has 7 nitrogen and oxygen atoms in total. The van der Waals surface area contributed by atoms with Crippen LogP contribution in [0.15, 0.2) is 41.8 Å². The summed E-state index contributed by atoms with van der Waals surface area (Å²) in [7, 11) is -0.589. The van der Waals surface area contributed by atoms with Gasteiger partial charge in [0.15, 0.2) is 0 Å². The Kier molecular flexibility index (Phi) is 8.10. The average molecular weight is 384 g/mol. The lowest BCUT2D eigenvalue weighted by molar-refractivity contribution is 0.0249. The molecule has 0 aliphatic carbocycles. The van der Waals surface area contributed by atoms with Crippen molar-refractivity contribution >= 4 is 16.1 Å². The second-order valence-electron chi connectivity index (χ2n) is 6.79. The van der Waals surface area contributed by atoms with Gasteiger partial charge in [0.1, 0.15) is 18.0 Å². The van der Waals surface area contributed by atoms with Crippen molar-refractivity contribution in [2.24, 2.45) is 0 Å². The number of carbonyl (C=O) groups excluding carboxylic acids is 1. The fourth-order valence-electron chi connectivity index (χ4n) is 1.79. The summed E-state index contributed by atoms with van der Waals surface area (Å²) in [5, 5.41) is 1.07. The third-order valence-corrected chi connectivity index (χ3v) is 4.68. The zero-order valence-corrected chi connectivity index (χ0v) is 16.8. The molecule has 0 atom stereocenters. The molecule has 1 rings (SSSR count). The van der Waals surface area contributed by atoms with E-state index >= 15 is 0 Å². The van der Waals surface area contributed by atoms with Crippen molar-refractivity contribution < 1.29 is 22.7 Å². The maximum Gasteiger partial charge on any atom is 0.410 e. The molecule has 0 saturated carbocycles. The first kappa shape index (κ1) is 22.0. The van der Waals surface area contributed by atoms with Gasteiger partial charge in [0.05, 0.1) is 6.54 Å². The average Bonchev–Trinajstić information content (AvgIpc) is 2.52. The van der Waals surface area contributed by atoms with Crippen molar-refractivity contribution in [3.05, 3.63) is 41.8 Å². The molecule has 0 aromatic heterocycles. The Morgan fingerprint density at radius 3 is 2.31 bits per heavy atom. The smallest absolute Gasteiger partial charge is 0.410 e. The fourth-order valence-corrected chi connectivity index (χ4v) is 2.36. The van der Waals surface area contributed by atoms with Crippen molar-refractivity contribution in [3.8, 4) is 5.75 Å². The van der Waals surface area contributed by atoms with Crippen LogP contribution in [-0.2, 0) is 14.8 Å². The van der Waals surface area contributed by atoms with Crippen molar-refractivity contribution in [2.45, 2.75) is 26.4 Å². The van der Waals surface area contributed by atoms with Crippen molar-refractivity contribution in [1.82, 2.24) is 9.21 Å². The van der Waals surface area contributed by atoms with Gasteiger partial charge < -0.3 is 14.4 Å². The molecule has 0 bridgehead atoms. The minimum absolute atomic E-state index is 0.0974. The van der Waals surface area contributed by atoms with E-state index in [4.69, 9.17) is 9.47 Å². The Labute approximate surface area is 156 Å². The van der Waals surface area contributed by atoms with Crippen LogP contribution in [0, 0.1) is 0 Å². The standard InChI is InChI=1S/C18H28N2O5S/c1-18(2,3)25-17(21)20(12-9-15-26(22,23)19(4)5)13-14-24-16-10-7-6-8-11-16/h6-11,15H,12-14H2,1-5H3/b15-9+. The van der Waals surface area contributed by atoms with Crippen LogP contribution in [0.4, 0.5) is 4.79 Å². The number of nitrogens with zero attached hydrogens (tertiary/aromatic N) is 2. The summed E-state index contributed by atoms with van der Waals surface area (Å²) in [4.78, 5) is 13.7. The number of ether oxygens (including phenoxy) is 2. The second-order valence-corrected chi connectivity index (χ2v) is 8.82. The third kappa shape index (κ3) is 8.35. The largest absolute Gasteiger partial charge is 0.492 e. The number of amides is 1. The van der Waals surface area contributed by atoms with Gasteiger partial charge in [-0.1, -0.05) is 24.3 Å². The minimum Gasteiger partial charge on any atom is -0.492 e. The lowest BCUT2D eigenvalue weighted by Gasteiger charge is -2.26. The fraction of sp³-hybridized carbons (Fsp3) is 0.500. The Morgan fingerprint density at radius 2 is 1.77 bits per heavy atom. The van der Waals surface area contributed by atoms with Gasteiger partial charge in [-0.3, -0.25) is 0 Å². The van der Waals surface area contributed by atoms with E-state index in [1.807, 2.05) is 30.3 Å². The molecule has 8 heteroatoms. The van der Waals surface area contributed by atoms with Gasteiger partial charge in [-0.2, -0.15) is 0 Å². The van der Waals surface area contributed by atoms with Crippen molar-refractivity contribution in [3.63, 3.8) is 0 Å². The van der Waals surface area contributed by atoms with E-state index in [9.17, 15) is 13.2 Å². The number of hydrogen-bond donors (Lipinski definition) is 0. The minimum atomic E-state index is -3.48. The molecule has 26 heavy (non-hydrogen) atoms. The lowest BCUT2D eigenvalue weighted by Crippen LogP contribution is -2.39. The van der Waals surface area contributed by atoms with E-state index in [1.165, 1.54) is 25.1 Å². The van der Waals surface area contributed by atoms with E-state index in [-0.39, 0.29) is 19.7 Å². The van der Waals surface area contributed by atoms with E-state index in [0.29, 0.717) is 5.75 Å². The quantitative estimate of drug-likeness (QED) is 0.689. The summed E-state index contributed by atoms with van der Waals surface area (Å²) >= 11 is 0. The first-order valence-corrected chi connectivity index (χ1v) is 9.76. The van der Waals surface area contributed by atoms with Crippen LogP contribution in [0.2, 0.25) is 0 Å². The summed E-state index contributed by atoms with van der Waals surface area (Å²) in [6.07, 6.45) is 0.892. The highest BCUT2D eigenvalue weighted by molar-refractivity contribution is 7.92. The normalized spacial score (nSPS) is 12.4. The van der Waals surface area contributed by atoms with Gasteiger partial charge in [-0.25, -0.2) is 17.5 Å². The third-order valence-electron chi connectivity index (χ3n) is 3.13. The molecule has 146 valence electrons. The first-order chi connectivity index (χ1) is 12.0. The highest BCUT2D eigenvalue weighted by Gasteiger charge is 2.21. The van der Waals surface area contributed by atoms with Crippen LogP contribution < -0.4 is 4.74 Å². The van der Waals surface area contributed by atoms with E-state index in [2.05, 4.69) is 0 Å². The van der Waals surface area contributed by atoms with Crippen LogP contribution in [0.3, 0.4) is 0 Å². The Bertz CT molecular complexity index is 694. The molecule has 0 aliphatic rings. The Hall–Kier alpha value is -2.06. The van der Waals surface area contributed by atoms with Crippen LogP contribution in [0.25, 0.3) is 0 Å². The van der Waals surface area contributed by atoms with E-state index in [0.717, 1.165) is 9.71 Å². The number of carbonyl (C=O) groups is 1. The zero-order chi connectivity index (χ0) is 19.8. The van der Waals surface area contributed by atoms with Crippen molar-refractivity contribution in [2.75, 3.05) is 33.8 Å². The zero-order valence-electron chi connectivity index (χ0n) is 16.0.